The summed E-state index contributed by atoms with van der Waals surface area (Å²) in [5.41, 5.74) is 2.00. The average Bonchev–Trinajstić information content (AvgIpc) is 2.52. The molecule has 0 fully saturated rings. The van der Waals surface area contributed by atoms with E-state index in [9.17, 15) is 4.79 Å². The Bertz CT molecular complexity index is 920. The Hall–Kier alpha value is -2.55. The second-order valence-electron chi connectivity index (χ2n) is 5.02. The molecule has 0 amide bonds. The van der Waals surface area contributed by atoms with Crippen molar-refractivity contribution >= 4 is 27.8 Å². The summed E-state index contributed by atoms with van der Waals surface area (Å²) in [6.07, 6.45) is 4.01. The predicted molar refractivity (Wildman–Crippen MR) is 88.0 cm³/mol. The zero-order valence-corrected chi connectivity index (χ0v) is 12.4. The number of para-hydroxylation sites is 1. The maximum atomic E-state index is 12.7. The average molecular weight is 279 g/mol. The Balaban J connectivity index is 2.56. The number of benzene rings is 2. The monoisotopic (exact) mass is 279 g/mol. The Labute approximate surface area is 123 Å². The van der Waals surface area contributed by atoms with Crippen LogP contribution in [0.4, 0.5) is 0 Å². The molecule has 3 aromatic rings. The fourth-order valence-electron chi connectivity index (χ4n) is 2.81. The van der Waals surface area contributed by atoms with Gasteiger partial charge in [-0.3, -0.25) is 4.79 Å². The molecular formula is C18H17NO2. The first-order valence-corrected chi connectivity index (χ1v) is 6.89. The van der Waals surface area contributed by atoms with Gasteiger partial charge in [-0.25, -0.2) is 0 Å². The van der Waals surface area contributed by atoms with Gasteiger partial charge in [0.25, 0.3) is 5.56 Å². The Morgan fingerprint density at radius 1 is 1.10 bits per heavy atom. The number of aromatic nitrogens is 1. The number of pyridine rings is 1. The number of fused-ring (bicyclic) bond motifs is 3. The van der Waals surface area contributed by atoms with Crippen molar-refractivity contribution in [1.29, 1.82) is 0 Å². The summed E-state index contributed by atoms with van der Waals surface area (Å²) in [6.45, 7) is 1.98. The van der Waals surface area contributed by atoms with E-state index in [0.29, 0.717) is 11.1 Å². The highest BCUT2D eigenvalue weighted by atomic mass is 16.5. The van der Waals surface area contributed by atoms with Crippen LogP contribution in [0.5, 0.6) is 5.75 Å². The second kappa shape index (κ2) is 5.09. The summed E-state index contributed by atoms with van der Waals surface area (Å²) >= 11 is 0. The molecule has 3 heteroatoms. The summed E-state index contributed by atoms with van der Waals surface area (Å²) in [4.78, 5) is 12.7. The Kier molecular flexibility index (Phi) is 3.26. The molecule has 2 aromatic carbocycles. The molecule has 0 bridgehead atoms. The number of ether oxygens (including phenoxy) is 1. The van der Waals surface area contributed by atoms with Crippen LogP contribution in [-0.2, 0) is 7.05 Å². The molecule has 3 rings (SSSR count). The summed E-state index contributed by atoms with van der Waals surface area (Å²) in [5.74, 6) is 0.698. The molecule has 0 aliphatic heterocycles. The third-order valence-electron chi connectivity index (χ3n) is 3.80. The number of nitrogens with zero attached hydrogens (tertiary/aromatic N) is 1. The Morgan fingerprint density at radius 2 is 1.90 bits per heavy atom. The van der Waals surface area contributed by atoms with Crippen LogP contribution in [0.15, 0.2) is 47.3 Å². The van der Waals surface area contributed by atoms with Crippen molar-refractivity contribution in [3.8, 4) is 5.75 Å². The number of aryl methyl sites for hydroxylation is 1. The van der Waals surface area contributed by atoms with Crippen LogP contribution in [0.1, 0.15) is 12.5 Å². The topological polar surface area (TPSA) is 31.2 Å². The Morgan fingerprint density at radius 3 is 2.62 bits per heavy atom. The molecule has 1 aromatic heterocycles. The lowest BCUT2D eigenvalue weighted by molar-refractivity contribution is 0.415. The number of hydrogen-bond acceptors (Lipinski definition) is 2. The molecule has 0 saturated carbocycles. The number of hydrogen-bond donors (Lipinski definition) is 0. The fourth-order valence-corrected chi connectivity index (χ4v) is 2.81. The van der Waals surface area contributed by atoms with Crippen LogP contribution in [0.2, 0.25) is 0 Å². The van der Waals surface area contributed by atoms with Gasteiger partial charge in [0.15, 0.2) is 0 Å². The van der Waals surface area contributed by atoms with E-state index in [1.165, 1.54) is 0 Å². The zero-order chi connectivity index (χ0) is 15.0. The number of rotatable bonds is 2. The molecule has 0 saturated heterocycles. The van der Waals surface area contributed by atoms with E-state index in [0.717, 1.165) is 21.9 Å². The lowest BCUT2D eigenvalue weighted by atomic mass is 10.0. The minimum Gasteiger partial charge on any atom is -0.497 e. The van der Waals surface area contributed by atoms with Crippen molar-refractivity contribution in [3.05, 3.63) is 58.4 Å². The third-order valence-corrected chi connectivity index (χ3v) is 3.80. The van der Waals surface area contributed by atoms with Crippen molar-refractivity contribution in [3.63, 3.8) is 0 Å². The maximum absolute atomic E-state index is 12.7. The normalized spacial score (nSPS) is 11.6. The SMILES string of the molecule is C/C=C/c1cccc2c3ccc(OC)cc3c(=O)n(C)c12. The highest BCUT2D eigenvalue weighted by molar-refractivity contribution is 6.08. The largest absolute Gasteiger partial charge is 0.497 e. The third kappa shape index (κ3) is 2.02. The minimum absolute atomic E-state index is 0.00615. The van der Waals surface area contributed by atoms with Gasteiger partial charge in [-0.05, 0) is 36.1 Å². The van der Waals surface area contributed by atoms with Crippen LogP contribution in [0, 0.1) is 0 Å². The standard InChI is InChI=1S/C18H17NO2/c1-4-6-12-7-5-8-15-14-10-9-13(21-3)11-16(14)18(20)19(2)17(12)15/h4-11H,1-3H3/b6-4+. The first-order valence-electron chi connectivity index (χ1n) is 6.89. The van der Waals surface area contributed by atoms with Gasteiger partial charge in [-0.1, -0.05) is 30.4 Å². The smallest absolute Gasteiger partial charge is 0.258 e. The molecule has 106 valence electrons. The molecule has 0 spiro atoms. The van der Waals surface area contributed by atoms with E-state index in [-0.39, 0.29) is 5.56 Å². The molecular weight excluding hydrogens is 262 g/mol. The summed E-state index contributed by atoms with van der Waals surface area (Å²) in [5, 5.41) is 2.72. The van der Waals surface area contributed by atoms with Crippen LogP contribution in [0.3, 0.4) is 0 Å². The first kappa shape index (κ1) is 13.4. The second-order valence-corrected chi connectivity index (χ2v) is 5.02. The van der Waals surface area contributed by atoms with E-state index in [1.807, 2.05) is 50.4 Å². The van der Waals surface area contributed by atoms with Crippen molar-refractivity contribution in [1.82, 2.24) is 4.57 Å². The molecule has 1 heterocycles. The zero-order valence-electron chi connectivity index (χ0n) is 12.4. The summed E-state index contributed by atoms with van der Waals surface area (Å²) < 4.78 is 6.95. The number of methoxy groups -OCH3 is 1. The van der Waals surface area contributed by atoms with Crippen molar-refractivity contribution in [2.24, 2.45) is 7.05 Å². The molecule has 3 nitrogen and oxygen atoms in total. The van der Waals surface area contributed by atoms with Crippen LogP contribution in [-0.4, -0.2) is 11.7 Å². The van der Waals surface area contributed by atoms with Crippen LogP contribution < -0.4 is 10.3 Å². The molecule has 0 aliphatic carbocycles. The van der Waals surface area contributed by atoms with Gasteiger partial charge in [0.1, 0.15) is 5.75 Å². The van der Waals surface area contributed by atoms with Crippen LogP contribution >= 0.6 is 0 Å². The van der Waals surface area contributed by atoms with E-state index < -0.39 is 0 Å². The molecule has 0 unspecified atom stereocenters. The van der Waals surface area contributed by atoms with Gasteiger partial charge in [0.05, 0.1) is 18.0 Å². The molecule has 0 aliphatic rings. The quantitative estimate of drug-likeness (QED) is 0.669. The lowest BCUT2D eigenvalue weighted by Gasteiger charge is -2.12. The van der Waals surface area contributed by atoms with Crippen molar-refractivity contribution in [2.45, 2.75) is 6.92 Å². The molecule has 0 radical (unpaired) electrons. The van der Waals surface area contributed by atoms with E-state index >= 15 is 0 Å². The van der Waals surface area contributed by atoms with Crippen molar-refractivity contribution in [2.75, 3.05) is 7.11 Å². The van der Waals surface area contributed by atoms with Gasteiger partial charge in [-0.2, -0.15) is 0 Å². The fraction of sp³-hybridized carbons (Fsp3) is 0.167. The molecule has 21 heavy (non-hydrogen) atoms. The lowest BCUT2D eigenvalue weighted by Crippen LogP contribution is -2.18. The first-order chi connectivity index (χ1) is 10.2. The summed E-state index contributed by atoms with van der Waals surface area (Å²) in [7, 11) is 3.42. The number of allylic oxidation sites excluding steroid dienone is 1. The molecule has 0 atom stereocenters. The minimum atomic E-state index is -0.00615. The summed E-state index contributed by atoms with van der Waals surface area (Å²) in [6, 6.07) is 11.7. The van der Waals surface area contributed by atoms with E-state index in [1.54, 1.807) is 17.7 Å². The van der Waals surface area contributed by atoms with Gasteiger partial charge < -0.3 is 9.30 Å². The van der Waals surface area contributed by atoms with Gasteiger partial charge in [0, 0.05) is 12.4 Å². The van der Waals surface area contributed by atoms with E-state index in [4.69, 9.17) is 4.74 Å². The maximum Gasteiger partial charge on any atom is 0.258 e. The van der Waals surface area contributed by atoms with Gasteiger partial charge in [-0.15, -0.1) is 0 Å². The highest BCUT2D eigenvalue weighted by Gasteiger charge is 2.11. The predicted octanol–water partition coefficient (Wildman–Crippen LogP) is 3.73. The van der Waals surface area contributed by atoms with Crippen LogP contribution in [0.25, 0.3) is 27.8 Å². The van der Waals surface area contributed by atoms with Gasteiger partial charge >= 0.3 is 0 Å². The molecule has 0 N–H and O–H groups in total. The van der Waals surface area contributed by atoms with E-state index in [2.05, 4.69) is 6.07 Å². The van der Waals surface area contributed by atoms with Gasteiger partial charge in [0.2, 0.25) is 0 Å². The highest BCUT2D eigenvalue weighted by Crippen LogP contribution is 2.28. The van der Waals surface area contributed by atoms with Crippen molar-refractivity contribution < 1.29 is 4.74 Å².